The smallest absolute Gasteiger partial charge is 0.148 e. The second-order valence-electron chi connectivity index (χ2n) is 5.25. The van der Waals surface area contributed by atoms with Gasteiger partial charge in [0, 0.05) is 31.7 Å². The first-order chi connectivity index (χ1) is 12.1. The molecule has 2 aromatic heterocycles. The van der Waals surface area contributed by atoms with Crippen molar-refractivity contribution in [2.24, 2.45) is 0 Å². The molecule has 0 aliphatic rings. The van der Waals surface area contributed by atoms with Crippen molar-refractivity contribution in [3.8, 4) is 0 Å². The summed E-state index contributed by atoms with van der Waals surface area (Å²) in [5.41, 5.74) is 4.52. The van der Waals surface area contributed by atoms with E-state index in [0.29, 0.717) is 5.39 Å². The van der Waals surface area contributed by atoms with Crippen LogP contribution in [0.5, 0.6) is 0 Å². The normalized spacial score (nSPS) is 9.40. The van der Waals surface area contributed by atoms with Gasteiger partial charge in [-0.05, 0) is 54.6 Å². The van der Waals surface area contributed by atoms with Crippen molar-refractivity contribution in [2.45, 2.75) is 41.5 Å². The van der Waals surface area contributed by atoms with E-state index in [9.17, 15) is 4.39 Å². The zero-order chi connectivity index (χ0) is 18.8. The standard InChI is InChI=1S/C9H8FN.C9H9N.2C2H6.2H2/c1-6-2-3-7-8(10)5-11-9(7)4-6;1-7-2-3-8-4-5-10-9(8)6-7;2*1-2;;/h2-5,11H,1H3;2-6,10H,1H3;2*1-2H3;2*1H. The molecule has 25 heavy (non-hydrogen) atoms. The van der Waals surface area contributed by atoms with E-state index in [-0.39, 0.29) is 8.67 Å². The molecule has 2 N–H and O–H groups in total. The van der Waals surface area contributed by atoms with Crippen LogP contribution in [0.2, 0.25) is 0 Å². The number of hydrogen-bond donors (Lipinski definition) is 2. The number of benzene rings is 2. The maximum absolute atomic E-state index is 12.8. The number of halogens is 1. The maximum Gasteiger partial charge on any atom is 0.148 e. The first kappa shape index (κ1) is 20.5. The molecule has 0 unspecified atom stereocenters. The van der Waals surface area contributed by atoms with Gasteiger partial charge in [0.15, 0.2) is 0 Å². The highest BCUT2D eigenvalue weighted by Gasteiger charge is 2.00. The Kier molecular flexibility index (Phi) is 8.48. The Morgan fingerprint density at radius 1 is 0.760 bits per heavy atom. The van der Waals surface area contributed by atoms with Crippen LogP contribution in [0.25, 0.3) is 21.8 Å². The molecule has 0 fully saturated rings. The molecule has 2 aromatic carbocycles. The van der Waals surface area contributed by atoms with Crippen molar-refractivity contribution >= 4 is 21.8 Å². The molecule has 0 saturated carbocycles. The van der Waals surface area contributed by atoms with Crippen LogP contribution in [0.3, 0.4) is 0 Å². The first-order valence-electron chi connectivity index (χ1n) is 8.90. The Labute approximate surface area is 153 Å². The van der Waals surface area contributed by atoms with Crippen LogP contribution in [-0.2, 0) is 0 Å². The van der Waals surface area contributed by atoms with Gasteiger partial charge in [-0.15, -0.1) is 0 Å². The van der Waals surface area contributed by atoms with E-state index in [1.54, 1.807) is 6.07 Å². The van der Waals surface area contributed by atoms with Crippen LogP contribution in [0.1, 0.15) is 41.7 Å². The Morgan fingerprint density at radius 3 is 2.04 bits per heavy atom. The quantitative estimate of drug-likeness (QED) is 0.328. The number of fused-ring (bicyclic) bond motifs is 2. The topological polar surface area (TPSA) is 31.6 Å². The third-order valence-electron chi connectivity index (χ3n) is 3.50. The Bertz CT molecular complexity index is 898. The average Bonchev–Trinajstić information content (AvgIpc) is 3.25. The van der Waals surface area contributed by atoms with Crippen molar-refractivity contribution in [3.63, 3.8) is 0 Å². The van der Waals surface area contributed by atoms with Gasteiger partial charge >= 0.3 is 0 Å². The fourth-order valence-electron chi connectivity index (χ4n) is 2.37. The molecule has 0 saturated heterocycles. The zero-order valence-corrected chi connectivity index (χ0v) is 16.1. The highest BCUT2D eigenvalue weighted by atomic mass is 19.1. The average molecular weight is 345 g/mol. The van der Waals surface area contributed by atoms with Crippen LogP contribution in [0.15, 0.2) is 54.9 Å². The largest absolute Gasteiger partial charge is 0.361 e. The second kappa shape index (κ2) is 10.3. The number of aryl methyl sites for hydroxylation is 2. The minimum atomic E-state index is -0.181. The van der Waals surface area contributed by atoms with Gasteiger partial charge in [0.2, 0.25) is 0 Å². The molecule has 2 heterocycles. The van der Waals surface area contributed by atoms with Gasteiger partial charge in [-0.1, -0.05) is 45.9 Å². The molecule has 3 heteroatoms. The van der Waals surface area contributed by atoms with Crippen molar-refractivity contribution in [3.05, 3.63) is 71.8 Å². The molecule has 0 amide bonds. The Morgan fingerprint density at radius 2 is 1.36 bits per heavy atom. The molecule has 0 bridgehead atoms. The van der Waals surface area contributed by atoms with Gasteiger partial charge in [0.25, 0.3) is 0 Å². The van der Waals surface area contributed by atoms with Gasteiger partial charge in [-0.2, -0.15) is 0 Å². The van der Waals surface area contributed by atoms with E-state index in [0.717, 1.165) is 11.1 Å². The molecular weight excluding hydrogens is 311 g/mol. The highest BCUT2D eigenvalue weighted by molar-refractivity contribution is 5.80. The zero-order valence-electron chi connectivity index (χ0n) is 16.1. The van der Waals surface area contributed by atoms with Crippen LogP contribution >= 0.6 is 0 Å². The van der Waals surface area contributed by atoms with Crippen molar-refractivity contribution in [1.29, 1.82) is 0 Å². The summed E-state index contributed by atoms with van der Waals surface area (Å²) < 4.78 is 12.8. The summed E-state index contributed by atoms with van der Waals surface area (Å²) in [7, 11) is 0. The molecular formula is C22H33FN2. The van der Waals surface area contributed by atoms with E-state index in [4.69, 9.17) is 0 Å². The summed E-state index contributed by atoms with van der Waals surface area (Å²) >= 11 is 0. The molecule has 4 aromatic rings. The van der Waals surface area contributed by atoms with Crippen LogP contribution < -0.4 is 0 Å². The van der Waals surface area contributed by atoms with Crippen molar-refractivity contribution in [1.82, 2.24) is 9.97 Å². The lowest BCUT2D eigenvalue weighted by atomic mass is 10.2. The molecule has 0 atom stereocenters. The molecule has 4 rings (SSSR count). The summed E-state index contributed by atoms with van der Waals surface area (Å²) in [6, 6.07) is 14.1. The number of hydrogen-bond acceptors (Lipinski definition) is 0. The SMILES string of the molecule is CC.CC.Cc1ccc2c(F)c[nH]c2c1.Cc1ccc2cc[nH]c2c1.[HH].[HH]. The van der Waals surface area contributed by atoms with E-state index < -0.39 is 0 Å². The van der Waals surface area contributed by atoms with E-state index in [1.807, 2.05) is 52.9 Å². The first-order valence-corrected chi connectivity index (χ1v) is 8.90. The fraction of sp³-hybridized carbons (Fsp3) is 0.273. The Balaban J connectivity index is 0. The predicted molar refractivity (Wildman–Crippen MR) is 113 cm³/mol. The number of H-pyrrole nitrogens is 2. The summed E-state index contributed by atoms with van der Waals surface area (Å²) in [5, 5.41) is 1.95. The van der Waals surface area contributed by atoms with Crippen molar-refractivity contribution < 1.29 is 7.24 Å². The lowest BCUT2D eigenvalue weighted by molar-refractivity contribution is 0.639. The third kappa shape index (κ3) is 5.49. The summed E-state index contributed by atoms with van der Waals surface area (Å²) in [5.74, 6) is -0.181. The predicted octanol–water partition coefficient (Wildman–Crippen LogP) is 7.64. The number of rotatable bonds is 0. The number of aromatic nitrogens is 2. The molecule has 0 spiro atoms. The third-order valence-corrected chi connectivity index (χ3v) is 3.50. The monoisotopic (exact) mass is 344 g/mol. The molecule has 0 aliphatic heterocycles. The molecule has 0 radical (unpaired) electrons. The summed E-state index contributed by atoms with van der Waals surface area (Å²) in [6.07, 6.45) is 3.34. The van der Waals surface area contributed by atoms with Gasteiger partial charge in [0.05, 0.1) is 0 Å². The highest BCUT2D eigenvalue weighted by Crippen LogP contribution is 2.17. The molecule has 2 nitrogen and oxygen atoms in total. The van der Waals surface area contributed by atoms with Crippen LogP contribution in [-0.4, -0.2) is 9.97 Å². The van der Waals surface area contributed by atoms with Gasteiger partial charge in [-0.25, -0.2) is 4.39 Å². The van der Waals surface area contributed by atoms with E-state index in [2.05, 4.69) is 41.2 Å². The number of aromatic amines is 2. The van der Waals surface area contributed by atoms with Crippen LogP contribution in [0.4, 0.5) is 4.39 Å². The van der Waals surface area contributed by atoms with E-state index in [1.165, 1.54) is 22.7 Å². The van der Waals surface area contributed by atoms with Gasteiger partial charge in [-0.3, -0.25) is 0 Å². The molecule has 0 aliphatic carbocycles. The van der Waals surface area contributed by atoms with Gasteiger partial charge in [0.1, 0.15) is 5.82 Å². The van der Waals surface area contributed by atoms with Crippen molar-refractivity contribution in [2.75, 3.05) is 0 Å². The minimum absolute atomic E-state index is 0. The lowest BCUT2D eigenvalue weighted by Crippen LogP contribution is -1.72. The maximum atomic E-state index is 12.8. The Hall–Kier alpha value is -2.55. The van der Waals surface area contributed by atoms with Crippen LogP contribution in [0, 0.1) is 19.7 Å². The second-order valence-corrected chi connectivity index (χ2v) is 5.25. The summed E-state index contributed by atoms with van der Waals surface area (Å²) in [4.78, 5) is 6.01. The minimum Gasteiger partial charge on any atom is -0.361 e. The van der Waals surface area contributed by atoms with Gasteiger partial charge < -0.3 is 9.97 Å². The van der Waals surface area contributed by atoms with E-state index >= 15 is 0 Å². The lowest BCUT2D eigenvalue weighted by Gasteiger charge is -1.91. The number of nitrogens with one attached hydrogen (secondary N) is 2. The molecule has 138 valence electrons. The summed E-state index contributed by atoms with van der Waals surface area (Å²) in [6.45, 7) is 12.1. The fourth-order valence-corrected chi connectivity index (χ4v) is 2.37.